The number of anilines is 1. The van der Waals surface area contributed by atoms with Crippen LogP contribution in [0.3, 0.4) is 0 Å². The van der Waals surface area contributed by atoms with Crippen molar-refractivity contribution in [2.75, 3.05) is 11.9 Å². The number of rotatable bonds is 6. The molecule has 23 heavy (non-hydrogen) atoms. The number of esters is 1. The van der Waals surface area contributed by atoms with E-state index in [1.807, 2.05) is 13.8 Å². The van der Waals surface area contributed by atoms with Gasteiger partial charge in [0.15, 0.2) is 0 Å². The molecule has 1 atom stereocenters. The highest BCUT2D eigenvalue weighted by Gasteiger charge is 2.25. The van der Waals surface area contributed by atoms with Crippen molar-refractivity contribution >= 4 is 28.2 Å². The lowest BCUT2D eigenvalue weighted by Crippen LogP contribution is -2.24. The van der Waals surface area contributed by atoms with Crippen LogP contribution >= 0.6 is 11.3 Å². The molecule has 0 bridgehead atoms. The average Bonchev–Trinajstić information content (AvgIpc) is 3.14. The number of ether oxygens (including phenoxy) is 1. The first-order valence-corrected chi connectivity index (χ1v) is 8.40. The number of thiophene rings is 1. The molecule has 2 aromatic heterocycles. The van der Waals surface area contributed by atoms with Crippen LogP contribution in [0.5, 0.6) is 0 Å². The molecule has 7 heteroatoms. The summed E-state index contributed by atoms with van der Waals surface area (Å²) in [5, 5.41) is 7.47. The molecule has 2 rings (SSSR count). The van der Waals surface area contributed by atoms with Crippen molar-refractivity contribution in [1.82, 2.24) is 9.78 Å². The van der Waals surface area contributed by atoms with E-state index < -0.39 is 12.0 Å². The van der Waals surface area contributed by atoms with Crippen molar-refractivity contribution in [3.63, 3.8) is 0 Å². The van der Waals surface area contributed by atoms with E-state index in [-0.39, 0.29) is 5.91 Å². The predicted octanol–water partition coefficient (Wildman–Crippen LogP) is 3.19. The van der Waals surface area contributed by atoms with Gasteiger partial charge in [0, 0.05) is 17.3 Å². The molecule has 0 radical (unpaired) electrons. The zero-order valence-corrected chi connectivity index (χ0v) is 14.6. The summed E-state index contributed by atoms with van der Waals surface area (Å²) < 4.78 is 6.71. The highest BCUT2D eigenvalue weighted by Crippen LogP contribution is 2.34. The second kappa shape index (κ2) is 7.41. The van der Waals surface area contributed by atoms with E-state index in [4.69, 9.17) is 4.74 Å². The van der Waals surface area contributed by atoms with Gasteiger partial charge in [-0.05, 0) is 38.8 Å². The van der Waals surface area contributed by atoms with Crippen LogP contribution in [0.2, 0.25) is 0 Å². The number of carbonyl (C=O) groups is 2. The molecule has 0 aliphatic rings. The molecular formula is C16H21N3O3S. The number of nitrogens with one attached hydrogen (secondary N) is 1. The number of amides is 1. The van der Waals surface area contributed by atoms with Gasteiger partial charge in [0.05, 0.1) is 12.2 Å². The second-order valence-electron chi connectivity index (χ2n) is 5.07. The van der Waals surface area contributed by atoms with E-state index in [2.05, 4.69) is 10.4 Å². The van der Waals surface area contributed by atoms with Crippen LogP contribution in [0.15, 0.2) is 18.5 Å². The highest BCUT2D eigenvalue weighted by atomic mass is 32.1. The summed E-state index contributed by atoms with van der Waals surface area (Å²) in [5.41, 5.74) is 1.40. The van der Waals surface area contributed by atoms with Gasteiger partial charge >= 0.3 is 5.97 Å². The maximum Gasteiger partial charge on any atom is 0.341 e. The molecule has 0 aliphatic heterocycles. The SMILES string of the molecule is CCOC(=O)c1c(NC(=O)C(C)n2cccn2)sc(C)c1CC. The fourth-order valence-electron chi connectivity index (χ4n) is 2.36. The number of carbonyl (C=O) groups excluding carboxylic acids is 2. The first-order valence-electron chi connectivity index (χ1n) is 7.58. The first kappa shape index (κ1) is 17.2. The van der Waals surface area contributed by atoms with E-state index in [9.17, 15) is 9.59 Å². The average molecular weight is 335 g/mol. The molecule has 1 amide bonds. The Bertz CT molecular complexity index is 692. The molecule has 0 fully saturated rings. The molecule has 6 nitrogen and oxygen atoms in total. The summed E-state index contributed by atoms with van der Waals surface area (Å²) in [4.78, 5) is 25.7. The van der Waals surface area contributed by atoms with Crippen molar-refractivity contribution in [2.24, 2.45) is 0 Å². The lowest BCUT2D eigenvalue weighted by Gasteiger charge is -2.13. The zero-order valence-electron chi connectivity index (χ0n) is 13.8. The van der Waals surface area contributed by atoms with Gasteiger partial charge in [-0.3, -0.25) is 9.48 Å². The Hall–Kier alpha value is -2.15. The third kappa shape index (κ3) is 3.61. The fourth-order valence-corrected chi connectivity index (χ4v) is 3.49. The Morgan fingerprint density at radius 2 is 2.17 bits per heavy atom. The lowest BCUT2D eigenvalue weighted by atomic mass is 10.1. The van der Waals surface area contributed by atoms with Gasteiger partial charge in [-0.15, -0.1) is 11.3 Å². The van der Waals surface area contributed by atoms with E-state index in [1.165, 1.54) is 11.3 Å². The number of hydrogen-bond acceptors (Lipinski definition) is 5. The number of nitrogens with zero attached hydrogens (tertiary/aromatic N) is 2. The molecule has 2 heterocycles. The Labute approximate surface area is 139 Å². The molecule has 0 aromatic carbocycles. The van der Waals surface area contributed by atoms with Crippen LogP contribution in [0.1, 0.15) is 47.6 Å². The number of hydrogen-bond donors (Lipinski definition) is 1. The third-order valence-corrected chi connectivity index (χ3v) is 4.64. The fraction of sp³-hybridized carbons (Fsp3) is 0.438. The van der Waals surface area contributed by atoms with Gasteiger partial charge in [-0.25, -0.2) is 4.79 Å². The second-order valence-corrected chi connectivity index (χ2v) is 6.29. The highest BCUT2D eigenvalue weighted by molar-refractivity contribution is 7.16. The Morgan fingerprint density at radius 3 is 2.74 bits per heavy atom. The number of aromatic nitrogens is 2. The zero-order chi connectivity index (χ0) is 17.0. The Morgan fingerprint density at radius 1 is 1.43 bits per heavy atom. The van der Waals surface area contributed by atoms with Crippen LogP contribution in [0, 0.1) is 6.92 Å². The maximum atomic E-state index is 12.4. The van der Waals surface area contributed by atoms with E-state index >= 15 is 0 Å². The third-order valence-electron chi connectivity index (χ3n) is 3.58. The summed E-state index contributed by atoms with van der Waals surface area (Å²) in [6, 6.07) is 1.30. The van der Waals surface area contributed by atoms with Gasteiger partial charge < -0.3 is 10.1 Å². The summed E-state index contributed by atoms with van der Waals surface area (Å²) in [6.45, 7) is 7.75. The van der Waals surface area contributed by atoms with Crippen LogP contribution < -0.4 is 5.32 Å². The monoisotopic (exact) mass is 335 g/mol. The van der Waals surface area contributed by atoms with Crippen molar-refractivity contribution in [2.45, 2.75) is 40.2 Å². The van der Waals surface area contributed by atoms with Crippen LogP contribution in [0.25, 0.3) is 0 Å². The van der Waals surface area contributed by atoms with Crippen LogP contribution in [-0.4, -0.2) is 28.3 Å². The summed E-state index contributed by atoms with van der Waals surface area (Å²) in [5.74, 6) is -0.612. The maximum absolute atomic E-state index is 12.4. The smallest absolute Gasteiger partial charge is 0.341 e. The molecule has 0 spiro atoms. The van der Waals surface area contributed by atoms with Gasteiger partial charge in [-0.1, -0.05) is 6.92 Å². The predicted molar refractivity (Wildman–Crippen MR) is 90.0 cm³/mol. The molecule has 124 valence electrons. The Balaban J connectivity index is 2.28. The molecule has 0 aliphatic carbocycles. The van der Waals surface area contributed by atoms with Gasteiger partial charge in [0.25, 0.3) is 0 Å². The van der Waals surface area contributed by atoms with Crippen molar-refractivity contribution in [3.05, 3.63) is 34.5 Å². The summed E-state index contributed by atoms with van der Waals surface area (Å²) >= 11 is 1.40. The van der Waals surface area contributed by atoms with Crippen molar-refractivity contribution < 1.29 is 14.3 Å². The first-order chi connectivity index (χ1) is 11.0. The molecule has 1 N–H and O–H groups in total. The molecule has 2 aromatic rings. The van der Waals surface area contributed by atoms with E-state index in [1.54, 1.807) is 37.0 Å². The van der Waals surface area contributed by atoms with E-state index in [0.717, 1.165) is 10.4 Å². The standard InChI is InChI=1S/C16H21N3O3S/c1-5-12-11(4)23-15(13(12)16(21)22-6-2)18-14(20)10(3)19-9-7-8-17-19/h7-10H,5-6H2,1-4H3,(H,18,20). The Kier molecular flexibility index (Phi) is 5.54. The minimum atomic E-state index is -0.465. The van der Waals surface area contributed by atoms with Gasteiger partial charge in [0.2, 0.25) is 5.91 Å². The minimum Gasteiger partial charge on any atom is -0.462 e. The van der Waals surface area contributed by atoms with Crippen LogP contribution in [-0.2, 0) is 16.0 Å². The lowest BCUT2D eigenvalue weighted by molar-refractivity contribution is -0.119. The molecule has 1 unspecified atom stereocenters. The quantitative estimate of drug-likeness (QED) is 0.823. The topological polar surface area (TPSA) is 73.2 Å². The van der Waals surface area contributed by atoms with E-state index in [0.29, 0.717) is 23.6 Å². The van der Waals surface area contributed by atoms with Crippen LogP contribution in [0.4, 0.5) is 5.00 Å². The largest absolute Gasteiger partial charge is 0.462 e. The molecule has 0 saturated carbocycles. The molecule has 0 saturated heterocycles. The minimum absolute atomic E-state index is 0.219. The van der Waals surface area contributed by atoms with Crippen molar-refractivity contribution in [1.29, 1.82) is 0 Å². The normalized spacial score (nSPS) is 12.0. The van der Waals surface area contributed by atoms with Gasteiger partial charge in [-0.2, -0.15) is 5.10 Å². The number of aryl methyl sites for hydroxylation is 1. The summed E-state index contributed by atoms with van der Waals surface area (Å²) in [7, 11) is 0. The summed E-state index contributed by atoms with van der Waals surface area (Å²) in [6.07, 6.45) is 4.06. The van der Waals surface area contributed by atoms with Crippen molar-refractivity contribution in [3.8, 4) is 0 Å². The van der Waals surface area contributed by atoms with Gasteiger partial charge in [0.1, 0.15) is 11.0 Å². The molecular weight excluding hydrogens is 314 g/mol.